The van der Waals surface area contributed by atoms with E-state index in [9.17, 15) is 4.79 Å². The highest BCUT2D eigenvalue weighted by Gasteiger charge is 2.23. The lowest BCUT2D eigenvalue weighted by Gasteiger charge is -2.30. The molecule has 0 bridgehead atoms. The molecule has 3 nitrogen and oxygen atoms in total. The largest absolute Gasteiger partial charge is 0.398 e. The molecule has 0 radical (unpaired) electrons. The molecule has 0 saturated carbocycles. The van der Waals surface area contributed by atoms with Crippen LogP contribution in [-0.4, -0.2) is 17.4 Å². The van der Waals surface area contributed by atoms with Gasteiger partial charge in [-0.15, -0.1) is 0 Å². The summed E-state index contributed by atoms with van der Waals surface area (Å²) < 4.78 is 0.933. The van der Waals surface area contributed by atoms with Gasteiger partial charge < -0.3 is 10.6 Å². The molecule has 3 rings (SSSR count). The molecule has 21 heavy (non-hydrogen) atoms. The Hall–Kier alpha value is -1.81. The molecule has 0 aromatic heterocycles. The van der Waals surface area contributed by atoms with E-state index in [1.54, 1.807) is 0 Å². The average molecular weight is 345 g/mol. The summed E-state index contributed by atoms with van der Waals surface area (Å²) in [5.74, 6) is 0.0632. The van der Waals surface area contributed by atoms with Gasteiger partial charge in [0.1, 0.15) is 0 Å². The van der Waals surface area contributed by atoms with Gasteiger partial charge in [0.25, 0.3) is 5.91 Å². The second kappa shape index (κ2) is 5.53. The molecule has 0 atom stereocenters. The third-order valence-corrected chi connectivity index (χ3v) is 4.34. The van der Waals surface area contributed by atoms with Crippen molar-refractivity contribution in [1.29, 1.82) is 0 Å². The second-order valence-corrected chi connectivity index (χ2v) is 6.39. The molecule has 1 heterocycles. The lowest BCUT2D eigenvalue weighted by atomic mass is 9.97. The quantitative estimate of drug-likeness (QED) is 0.804. The number of anilines is 1. The summed E-state index contributed by atoms with van der Waals surface area (Å²) >= 11 is 3.45. The van der Waals surface area contributed by atoms with Crippen molar-refractivity contribution in [3.63, 3.8) is 0 Å². The van der Waals surface area contributed by atoms with E-state index in [0.717, 1.165) is 39.8 Å². The van der Waals surface area contributed by atoms with Gasteiger partial charge in [0.2, 0.25) is 0 Å². The van der Waals surface area contributed by atoms with Crippen molar-refractivity contribution in [3.8, 4) is 0 Å². The Balaban J connectivity index is 1.89. The Kier molecular flexibility index (Phi) is 3.72. The van der Waals surface area contributed by atoms with Crippen molar-refractivity contribution in [3.05, 3.63) is 63.1 Å². The first-order chi connectivity index (χ1) is 10.0. The number of rotatable bonds is 1. The van der Waals surface area contributed by atoms with Gasteiger partial charge in [-0.1, -0.05) is 28.1 Å². The number of nitrogens with two attached hydrogens (primary N) is 1. The van der Waals surface area contributed by atoms with Crippen molar-refractivity contribution < 1.29 is 4.79 Å². The van der Waals surface area contributed by atoms with Crippen LogP contribution in [0.25, 0.3) is 0 Å². The number of nitrogen functional groups attached to an aromatic ring is 1. The number of hydrogen-bond donors (Lipinski definition) is 1. The summed E-state index contributed by atoms with van der Waals surface area (Å²) in [6.07, 6.45) is 0.860. The number of hydrogen-bond acceptors (Lipinski definition) is 2. The molecule has 2 aromatic carbocycles. The van der Waals surface area contributed by atoms with Crippen LogP contribution in [0, 0.1) is 6.92 Å². The Morgan fingerprint density at radius 1 is 1.29 bits per heavy atom. The third-order valence-electron chi connectivity index (χ3n) is 3.89. The Bertz CT molecular complexity index is 692. The van der Waals surface area contributed by atoms with Gasteiger partial charge in [0, 0.05) is 28.8 Å². The second-order valence-electron chi connectivity index (χ2n) is 5.48. The van der Waals surface area contributed by atoms with E-state index in [0.29, 0.717) is 6.54 Å². The van der Waals surface area contributed by atoms with Crippen molar-refractivity contribution in [2.45, 2.75) is 19.9 Å². The molecule has 0 unspecified atom stereocenters. The number of nitrogens with zero attached hydrogens (tertiary/aromatic N) is 1. The summed E-state index contributed by atoms with van der Waals surface area (Å²) in [5.41, 5.74) is 11.0. The van der Waals surface area contributed by atoms with Crippen molar-refractivity contribution in [2.75, 3.05) is 12.3 Å². The Morgan fingerprint density at radius 3 is 2.86 bits per heavy atom. The maximum Gasteiger partial charge on any atom is 0.254 e. The van der Waals surface area contributed by atoms with E-state index < -0.39 is 0 Å². The first-order valence-electron chi connectivity index (χ1n) is 6.97. The van der Waals surface area contributed by atoms with Crippen LogP contribution < -0.4 is 5.73 Å². The van der Waals surface area contributed by atoms with Gasteiger partial charge in [-0.05, 0) is 54.3 Å². The highest BCUT2D eigenvalue weighted by atomic mass is 79.9. The minimum atomic E-state index is 0.0632. The summed E-state index contributed by atoms with van der Waals surface area (Å²) in [6, 6.07) is 11.8. The van der Waals surface area contributed by atoms with Crippen LogP contribution in [0.4, 0.5) is 5.69 Å². The predicted molar refractivity (Wildman–Crippen MR) is 88.2 cm³/mol. The fourth-order valence-corrected chi connectivity index (χ4v) is 3.43. The molecule has 1 amide bonds. The normalized spacial score (nSPS) is 13.9. The van der Waals surface area contributed by atoms with E-state index in [2.05, 4.69) is 22.0 Å². The number of amides is 1. The van der Waals surface area contributed by atoms with Gasteiger partial charge in [-0.2, -0.15) is 0 Å². The number of benzene rings is 2. The molecule has 0 fully saturated rings. The number of fused-ring (bicyclic) bond motifs is 1. The first-order valence-corrected chi connectivity index (χ1v) is 7.76. The molecule has 0 aliphatic carbocycles. The van der Waals surface area contributed by atoms with Crippen molar-refractivity contribution >= 4 is 27.5 Å². The lowest BCUT2D eigenvalue weighted by molar-refractivity contribution is 0.0735. The minimum absolute atomic E-state index is 0.0632. The predicted octanol–water partition coefficient (Wildman–Crippen LogP) is 3.54. The monoisotopic (exact) mass is 344 g/mol. The van der Waals surface area contributed by atoms with Gasteiger partial charge >= 0.3 is 0 Å². The standard InChI is InChI=1S/C17H17BrN2O/c1-11-7-13(9-14(18)8-11)17(21)20-6-5-12-3-2-4-16(19)15(12)10-20/h2-4,7-9H,5-6,10,19H2,1H3. The summed E-state index contributed by atoms with van der Waals surface area (Å²) in [6.45, 7) is 3.32. The SMILES string of the molecule is Cc1cc(Br)cc(C(=O)N2CCc3cccc(N)c3C2)c1. The molecule has 1 aliphatic rings. The molecule has 108 valence electrons. The highest BCUT2D eigenvalue weighted by molar-refractivity contribution is 9.10. The summed E-state index contributed by atoms with van der Waals surface area (Å²) in [4.78, 5) is 14.6. The Labute approximate surface area is 132 Å². The fourth-order valence-electron chi connectivity index (χ4n) is 2.82. The highest BCUT2D eigenvalue weighted by Crippen LogP contribution is 2.26. The van der Waals surface area contributed by atoms with Crippen LogP contribution in [-0.2, 0) is 13.0 Å². The van der Waals surface area contributed by atoms with Gasteiger partial charge in [0.05, 0.1) is 0 Å². The lowest BCUT2D eigenvalue weighted by Crippen LogP contribution is -2.36. The van der Waals surface area contributed by atoms with Crippen LogP contribution in [0.3, 0.4) is 0 Å². The van der Waals surface area contributed by atoms with Crippen molar-refractivity contribution in [2.24, 2.45) is 0 Å². The van der Waals surface area contributed by atoms with Gasteiger partial charge in [0.15, 0.2) is 0 Å². The van der Waals surface area contributed by atoms with Crippen LogP contribution in [0.15, 0.2) is 40.9 Å². The summed E-state index contributed by atoms with van der Waals surface area (Å²) in [7, 11) is 0. The van der Waals surface area contributed by atoms with Crippen LogP contribution in [0.1, 0.15) is 27.0 Å². The number of halogens is 1. The van der Waals surface area contributed by atoms with E-state index in [4.69, 9.17) is 5.73 Å². The molecular formula is C17H17BrN2O. The summed E-state index contributed by atoms with van der Waals surface area (Å²) in [5, 5.41) is 0. The van der Waals surface area contributed by atoms with Crippen LogP contribution in [0.2, 0.25) is 0 Å². The molecule has 1 aliphatic heterocycles. The maximum absolute atomic E-state index is 12.7. The molecule has 0 spiro atoms. The van der Waals surface area contributed by atoms with Crippen molar-refractivity contribution in [1.82, 2.24) is 4.90 Å². The minimum Gasteiger partial charge on any atom is -0.398 e. The van der Waals surface area contributed by atoms with Gasteiger partial charge in [-0.25, -0.2) is 0 Å². The molecule has 0 saturated heterocycles. The number of carbonyl (C=O) groups is 1. The zero-order chi connectivity index (χ0) is 15.0. The average Bonchev–Trinajstić information content (AvgIpc) is 2.45. The smallest absolute Gasteiger partial charge is 0.254 e. The maximum atomic E-state index is 12.7. The number of carbonyl (C=O) groups excluding carboxylic acids is 1. The topological polar surface area (TPSA) is 46.3 Å². The van der Waals surface area contributed by atoms with Gasteiger partial charge in [-0.3, -0.25) is 4.79 Å². The third kappa shape index (κ3) is 2.81. The molecule has 4 heteroatoms. The van der Waals surface area contributed by atoms with E-state index >= 15 is 0 Å². The Morgan fingerprint density at radius 2 is 2.10 bits per heavy atom. The van der Waals surface area contributed by atoms with Crippen LogP contribution in [0.5, 0.6) is 0 Å². The number of aryl methyl sites for hydroxylation is 1. The molecular weight excluding hydrogens is 328 g/mol. The van der Waals surface area contributed by atoms with E-state index in [1.807, 2.05) is 42.2 Å². The fraction of sp³-hybridized carbons (Fsp3) is 0.235. The first kappa shape index (κ1) is 14.1. The molecule has 2 aromatic rings. The van der Waals surface area contributed by atoms with Crippen LogP contribution >= 0.6 is 15.9 Å². The zero-order valence-electron chi connectivity index (χ0n) is 11.9. The van der Waals surface area contributed by atoms with E-state index in [1.165, 1.54) is 5.56 Å². The van der Waals surface area contributed by atoms with E-state index in [-0.39, 0.29) is 5.91 Å². The molecule has 2 N–H and O–H groups in total. The zero-order valence-corrected chi connectivity index (χ0v) is 13.5.